The lowest BCUT2D eigenvalue weighted by molar-refractivity contribution is 0.0180. The fraction of sp³-hybridized carbons (Fsp3) is 0.812. The van der Waals surface area contributed by atoms with Crippen molar-refractivity contribution >= 4 is 6.09 Å². The molecule has 1 amide bonds. The predicted octanol–water partition coefficient (Wildman–Crippen LogP) is 4.38. The number of likely N-dealkylation sites (tertiary alicyclic amines) is 1. The SMILES string of the molecule is C=CCCCCC1CCN(C(=O)OC(C)(C)C)CC1. The molecule has 0 bridgehead atoms. The second-order valence-corrected chi connectivity index (χ2v) is 6.48. The zero-order chi connectivity index (χ0) is 14.3. The summed E-state index contributed by atoms with van der Waals surface area (Å²) in [6, 6.07) is 0. The van der Waals surface area contributed by atoms with Crippen LogP contribution in [-0.2, 0) is 4.74 Å². The molecule has 19 heavy (non-hydrogen) atoms. The third-order valence-corrected chi connectivity index (χ3v) is 3.54. The monoisotopic (exact) mass is 267 g/mol. The lowest BCUT2D eigenvalue weighted by atomic mass is 9.91. The molecule has 110 valence electrons. The van der Waals surface area contributed by atoms with Gasteiger partial charge in [-0.2, -0.15) is 0 Å². The van der Waals surface area contributed by atoms with E-state index in [1.54, 1.807) is 0 Å². The molecule has 0 unspecified atom stereocenters. The fourth-order valence-corrected chi connectivity index (χ4v) is 2.45. The number of hydrogen-bond donors (Lipinski definition) is 0. The molecule has 0 N–H and O–H groups in total. The number of carbonyl (C=O) groups excluding carboxylic acids is 1. The number of unbranched alkanes of at least 4 members (excludes halogenated alkanes) is 2. The molecular formula is C16H29NO2. The number of hydrogen-bond acceptors (Lipinski definition) is 2. The summed E-state index contributed by atoms with van der Waals surface area (Å²) in [5.41, 5.74) is -0.390. The van der Waals surface area contributed by atoms with Gasteiger partial charge in [-0.05, 0) is 52.4 Å². The molecule has 1 rings (SSSR count). The second kappa shape index (κ2) is 7.56. The first-order valence-corrected chi connectivity index (χ1v) is 7.51. The molecule has 0 aromatic rings. The molecule has 3 heteroatoms. The highest BCUT2D eigenvalue weighted by Crippen LogP contribution is 2.24. The Bertz CT molecular complexity index is 286. The zero-order valence-electron chi connectivity index (χ0n) is 12.8. The van der Waals surface area contributed by atoms with Gasteiger partial charge in [0.25, 0.3) is 0 Å². The van der Waals surface area contributed by atoms with Crippen LogP contribution in [0.15, 0.2) is 12.7 Å². The third kappa shape index (κ3) is 6.65. The number of allylic oxidation sites excluding steroid dienone is 1. The topological polar surface area (TPSA) is 29.5 Å². The van der Waals surface area contributed by atoms with Gasteiger partial charge in [-0.25, -0.2) is 4.79 Å². The molecule has 0 aromatic heterocycles. The molecule has 0 aromatic carbocycles. The number of nitrogens with zero attached hydrogens (tertiary/aromatic N) is 1. The number of carbonyl (C=O) groups is 1. The van der Waals surface area contributed by atoms with Gasteiger partial charge < -0.3 is 9.64 Å². The van der Waals surface area contributed by atoms with E-state index in [1.807, 2.05) is 31.7 Å². The van der Waals surface area contributed by atoms with Gasteiger partial charge in [-0.3, -0.25) is 0 Å². The average molecular weight is 267 g/mol. The van der Waals surface area contributed by atoms with Crippen LogP contribution in [0.3, 0.4) is 0 Å². The lowest BCUT2D eigenvalue weighted by Gasteiger charge is -2.33. The Hall–Kier alpha value is -0.990. The Labute approximate surface area is 118 Å². The van der Waals surface area contributed by atoms with Crippen molar-refractivity contribution in [1.29, 1.82) is 0 Å². The summed E-state index contributed by atoms with van der Waals surface area (Å²) in [6.45, 7) is 11.2. The molecule has 3 nitrogen and oxygen atoms in total. The molecule has 0 aliphatic carbocycles. The van der Waals surface area contributed by atoms with E-state index in [9.17, 15) is 4.79 Å². The summed E-state index contributed by atoms with van der Waals surface area (Å²) in [7, 11) is 0. The highest BCUT2D eigenvalue weighted by molar-refractivity contribution is 5.68. The molecule has 0 saturated carbocycles. The molecule has 0 spiro atoms. The van der Waals surface area contributed by atoms with Gasteiger partial charge >= 0.3 is 6.09 Å². The first kappa shape index (κ1) is 16.1. The van der Waals surface area contributed by atoms with Crippen molar-refractivity contribution in [2.75, 3.05) is 13.1 Å². The normalized spacial score (nSPS) is 17.3. The summed E-state index contributed by atoms with van der Waals surface area (Å²) in [5, 5.41) is 0. The van der Waals surface area contributed by atoms with Crippen LogP contribution in [0.1, 0.15) is 59.3 Å². The van der Waals surface area contributed by atoms with Crippen LogP contribution in [0.25, 0.3) is 0 Å². The average Bonchev–Trinajstić information content (AvgIpc) is 2.33. The predicted molar refractivity (Wildman–Crippen MR) is 79.2 cm³/mol. The van der Waals surface area contributed by atoms with E-state index in [4.69, 9.17) is 4.74 Å². The zero-order valence-corrected chi connectivity index (χ0v) is 12.8. The molecular weight excluding hydrogens is 238 g/mol. The Kier molecular flexibility index (Phi) is 6.40. The fourth-order valence-electron chi connectivity index (χ4n) is 2.45. The highest BCUT2D eigenvalue weighted by Gasteiger charge is 2.26. The maximum atomic E-state index is 11.9. The van der Waals surface area contributed by atoms with E-state index in [2.05, 4.69) is 6.58 Å². The van der Waals surface area contributed by atoms with Gasteiger partial charge in [0.2, 0.25) is 0 Å². The Morgan fingerprint density at radius 1 is 1.32 bits per heavy atom. The molecule has 1 aliphatic rings. The highest BCUT2D eigenvalue weighted by atomic mass is 16.6. The van der Waals surface area contributed by atoms with Crippen molar-refractivity contribution in [3.8, 4) is 0 Å². The van der Waals surface area contributed by atoms with Crippen molar-refractivity contribution in [2.24, 2.45) is 5.92 Å². The van der Waals surface area contributed by atoms with E-state index < -0.39 is 5.60 Å². The number of ether oxygens (including phenoxy) is 1. The summed E-state index contributed by atoms with van der Waals surface area (Å²) in [5.74, 6) is 0.781. The van der Waals surface area contributed by atoms with Gasteiger partial charge in [0.1, 0.15) is 5.60 Å². The molecule has 0 atom stereocenters. The molecule has 1 heterocycles. The molecule has 1 saturated heterocycles. The van der Waals surface area contributed by atoms with Crippen LogP contribution < -0.4 is 0 Å². The van der Waals surface area contributed by atoms with Crippen molar-refractivity contribution in [2.45, 2.75) is 64.9 Å². The van der Waals surface area contributed by atoms with E-state index in [-0.39, 0.29) is 6.09 Å². The smallest absolute Gasteiger partial charge is 0.410 e. The number of amides is 1. The van der Waals surface area contributed by atoms with Crippen molar-refractivity contribution in [3.63, 3.8) is 0 Å². The molecule has 0 radical (unpaired) electrons. The minimum absolute atomic E-state index is 0.155. The number of piperidine rings is 1. The van der Waals surface area contributed by atoms with Crippen LogP contribution in [0.5, 0.6) is 0 Å². The first-order chi connectivity index (χ1) is 8.92. The van der Waals surface area contributed by atoms with Crippen LogP contribution in [0.2, 0.25) is 0 Å². The summed E-state index contributed by atoms with van der Waals surface area (Å²) in [4.78, 5) is 13.8. The third-order valence-electron chi connectivity index (χ3n) is 3.54. The summed E-state index contributed by atoms with van der Waals surface area (Å²) in [6.07, 6.45) is 9.01. The number of rotatable bonds is 5. The summed E-state index contributed by atoms with van der Waals surface area (Å²) >= 11 is 0. The van der Waals surface area contributed by atoms with Gasteiger partial charge in [0.15, 0.2) is 0 Å². The van der Waals surface area contributed by atoms with Gasteiger partial charge in [-0.1, -0.05) is 18.9 Å². The van der Waals surface area contributed by atoms with Gasteiger partial charge in [0, 0.05) is 13.1 Å². The second-order valence-electron chi connectivity index (χ2n) is 6.48. The minimum atomic E-state index is -0.390. The van der Waals surface area contributed by atoms with Gasteiger partial charge in [-0.15, -0.1) is 6.58 Å². The van der Waals surface area contributed by atoms with E-state index in [1.165, 1.54) is 19.3 Å². The van der Waals surface area contributed by atoms with Crippen molar-refractivity contribution in [1.82, 2.24) is 4.90 Å². The first-order valence-electron chi connectivity index (χ1n) is 7.51. The largest absolute Gasteiger partial charge is 0.444 e. The van der Waals surface area contributed by atoms with Crippen molar-refractivity contribution < 1.29 is 9.53 Å². The van der Waals surface area contributed by atoms with Crippen LogP contribution in [-0.4, -0.2) is 29.7 Å². The molecule has 1 fully saturated rings. The minimum Gasteiger partial charge on any atom is -0.444 e. The van der Waals surface area contributed by atoms with Gasteiger partial charge in [0.05, 0.1) is 0 Å². The Balaban J connectivity index is 2.21. The summed E-state index contributed by atoms with van der Waals surface area (Å²) < 4.78 is 5.40. The Morgan fingerprint density at radius 2 is 1.95 bits per heavy atom. The maximum absolute atomic E-state index is 11.9. The van der Waals surface area contributed by atoms with E-state index in [0.717, 1.165) is 38.3 Å². The van der Waals surface area contributed by atoms with Crippen LogP contribution in [0, 0.1) is 5.92 Å². The standard InChI is InChI=1S/C16H29NO2/c1-5-6-7-8-9-14-10-12-17(13-11-14)15(18)19-16(2,3)4/h5,14H,1,6-13H2,2-4H3. The quantitative estimate of drug-likeness (QED) is 0.546. The van der Waals surface area contributed by atoms with E-state index >= 15 is 0 Å². The maximum Gasteiger partial charge on any atom is 0.410 e. The van der Waals surface area contributed by atoms with Crippen LogP contribution >= 0.6 is 0 Å². The molecule has 1 aliphatic heterocycles. The van der Waals surface area contributed by atoms with Crippen LogP contribution in [0.4, 0.5) is 4.79 Å². The van der Waals surface area contributed by atoms with E-state index in [0.29, 0.717) is 0 Å². The Morgan fingerprint density at radius 3 is 2.47 bits per heavy atom. The van der Waals surface area contributed by atoms with Crippen molar-refractivity contribution in [3.05, 3.63) is 12.7 Å². The lowest BCUT2D eigenvalue weighted by Crippen LogP contribution is -2.41.